The fraction of sp³-hybridized carbons (Fsp3) is 0.333. The van der Waals surface area contributed by atoms with Crippen LogP contribution in [0.1, 0.15) is 22.5 Å². The van der Waals surface area contributed by atoms with E-state index in [-0.39, 0.29) is 0 Å². The summed E-state index contributed by atoms with van der Waals surface area (Å²) in [7, 11) is 1.71. The average Bonchev–Trinajstić information content (AvgIpc) is 2.43. The number of methoxy groups -OCH3 is 1. The van der Waals surface area contributed by atoms with Gasteiger partial charge in [0.1, 0.15) is 0 Å². The second kappa shape index (κ2) is 6.97. The molecule has 0 atom stereocenters. The summed E-state index contributed by atoms with van der Waals surface area (Å²) < 4.78 is 5.20. The van der Waals surface area contributed by atoms with Gasteiger partial charge in [-0.05, 0) is 18.1 Å². The first-order chi connectivity index (χ1) is 9.29. The molecule has 0 radical (unpaired) electrons. The topological polar surface area (TPSA) is 47.0 Å². The molecule has 1 N–H and O–H groups in total. The Bertz CT molecular complexity index is 511. The summed E-state index contributed by atoms with van der Waals surface area (Å²) in [5.74, 6) is 0. The van der Waals surface area contributed by atoms with Crippen molar-refractivity contribution in [3.8, 4) is 0 Å². The lowest BCUT2D eigenvalue weighted by Gasteiger charge is -2.09. The summed E-state index contributed by atoms with van der Waals surface area (Å²) in [6.45, 7) is 4.09. The van der Waals surface area contributed by atoms with Gasteiger partial charge in [0, 0.05) is 32.6 Å². The summed E-state index contributed by atoms with van der Waals surface area (Å²) in [4.78, 5) is 8.55. The molecule has 0 bridgehead atoms. The van der Waals surface area contributed by atoms with Crippen molar-refractivity contribution in [2.45, 2.75) is 26.6 Å². The average molecular weight is 257 g/mol. The van der Waals surface area contributed by atoms with Gasteiger partial charge in [0.25, 0.3) is 0 Å². The van der Waals surface area contributed by atoms with Crippen LogP contribution >= 0.6 is 0 Å². The molecule has 0 aliphatic carbocycles. The molecular formula is C15H19N3O. The largest absolute Gasteiger partial charge is 0.380 e. The minimum atomic E-state index is 0.641. The standard InChI is InChI=1S/C15H19N3O/c1-12-7-18-15(10-17-12)9-16-8-13-5-3-4-6-14(13)11-19-2/h3-7,10,16H,8-9,11H2,1-2H3. The molecule has 4 nitrogen and oxygen atoms in total. The number of rotatable bonds is 6. The number of nitrogens with zero attached hydrogens (tertiary/aromatic N) is 2. The van der Waals surface area contributed by atoms with Crippen molar-refractivity contribution in [3.05, 3.63) is 59.2 Å². The second-order valence-electron chi connectivity index (χ2n) is 4.45. The normalized spacial score (nSPS) is 10.6. The predicted molar refractivity (Wildman–Crippen MR) is 74.5 cm³/mol. The molecular weight excluding hydrogens is 238 g/mol. The van der Waals surface area contributed by atoms with Crippen LogP contribution < -0.4 is 5.32 Å². The lowest BCUT2D eigenvalue weighted by Crippen LogP contribution is -2.15. The highest BCUT2D eigenvalue weighted by Gasteiger charge is 2.01. The van der Waals surface area contributed by atoms with Crippen LogP contribution in [0.15, 0.2) is 36.7 Å². The quantitative estimate of drug-likeness (QED) is 0.862. The van der Waals surface area contributed by atoms with E-state index in [1.807, 2.05) is 25.3 Å². The third-order valence-corrected chi connectivity index (χ3v) is 2.87. The zero-order chi connectivity index (χ0) is 13.5. The minimum absolute atomic E-state index is 0.641. The molecule has 0 saturated carbocycles. The van der Waals surface area contributed by atoms with Crippen LogP contribution in [0.4, 0.5) is 0 Å². The molecule has 0 aliphatic heterocycles. The van der Waals surface area contributed by atoms with Gasteiger partial charge in [-0.25, -0.2) is 0 Å². The smallest absolute Gasteiger partial charge is 0.0724 e. The first kappa shape index (κ1) is 13.6. The third kappa shape index (κ3) is 4.12. The second-order valence-corrected chi connectivity index (χ2v) is 4.45. The highest BCUT2D eigenvalue weighted by molar-refractivity contribution is 5.26. The molecule has 100 valence electrons. The molecule has 0 amide bonds. The highest BCUT2D eigenvalue weighted by atomic mass is 16.5. The van der Waals surface area contributed by atoms with E-state index < -0.39 is 0 Å². The minimum Gasteiger partial charge on any atom is -0.380 e. The molecule has 2 rings (SSSR count). The molecule has 1 aromatic carbocycles. The van der Waals surface area contributed by atoms with E-state index in [1.54, 1.807) is 13.3 Å². The highest BCUT2D eigenvalue weighted by Crippen LogP contribution is 2.09. The van der Waals surface area contributed by atoms with Crippen LogP contribution in [0.2, 0.25) is 0 Å². The first-order valence-electron chi connectivity index (χ1n) is 6.33. The lowest BCUT2D eigenvalue weighted by molar-refractivity contribution is 0.184. The van der Waals surface area contributed by atoms with E-state index in [9.17, 15) is 0 Å². The SMILES string of the molecule is COCc1ccccc1CNCc1cnc(C)cn1. The van der Waals surface area contributed by atoms with Crippen LogP contribution in [0.25, 0.3) is 0 Å². The van der Waals surface area contributed by atoms with Crippen molar-refractivity contribution in [2.24, 2.45) is 0 Å². The fourth-order valence-electron chi connectivity index (χ4n) is 1.86. The van der Waals surface area contributed by atoms with Crippen molar-refractivity contribution >= 4 is 0 Å². The number of aryl methyl sites for hydroxylation is 1. The molecule has 0 fully saturated rings. The number of benzene rings is 1. The van der Waals surface area contributed by atoms with Crippen molar-refractivity contribution in [3.63, 3.8) is 0 Å². The third-order valence-electron chi connectivity index (χ3n) is 2.87. The van der Waals surface area contributed by atoms with Crippen LogP contribution in [-0.4, -0.2) is 17.1 Å². The summed E-state index contributed by atoms with van der Waals surface area (Å²) in [6, 6.07) is 8.28. The van der Waals surface area contributed by atoms with E-state index >= 15 is 0 Å². The van der Waals surface area contributed by atoms with Gasteiger partial charge < -0.3 is 10.1 Å². The Balaban J connectivity index is 1.90. The molecule has 1 aromatic heterocycles. The Kier molecular flexibility index (Phi) is 5.01. The molecule has 0 saturated heterocycles. The van der Waals surface area contributed by atoms with Crippen molar-refractivity contribution in [1.82, 2.24) is 15.3 Å². The number of ether oxygens (including phenoxy) is 1. The molecule has 2 aromatic rings. The zero-order valence-electron chi connectivity index (χ0n) is 11.4. The van der Waals surface area contributed by atoms with Gasteiger partial charge in [-0.3, -0.25) is 9.97 Å². The zero-order valence-corrected chi connectivity index (χ0v) is 11.4. The molecule has 0 spiro atoms. The molecule has 0 aliphatic rings. The Morgan fingerprint density at radius 2 is 1.84 bits per heavy atom. The van der Waals surface area contributed by atoms with Crippen molar-refractivity contribution < 1.29 is 4.74 Å². The monoisotopic (exact) mass is 257 g/mol. The molecule has 0 unspecified atom stereocenters. The van der Waals surface area contributed by atoms with E-state index in [0.717, 1.165) is 17.9 Å². The van der Waals surface area contributed by atoms with Gasteiger partial charge in [-0.1, -0.05) is 24.3 Å². The maximum Gasteiger partial charge on any atom is 0.0724 e. The van der Waals surface area contributed by atoms with Gasteiger partial charge in [0.15, 0.2) is 0 Å². The van der Waals surface area contributed by atoms with E-state index in [0.29, 0.717) is 13.2 Å². The molecule has 4 heteroatoms. The first-order valence-corrected chi connectivity index (χ1v) is 6.33. The van der Waals surface area contributed by atoms with Gasteiger partial charge >= 0.3 is 0 Å². The van der Waals surface area contributed by atoms with Crippen LogP contribution in [0.3, 0.4) is 0 Å². The molecule has 19 heavy (non-hydrogen) atoms. The van der Waals surface area contributed by atoms with Crippen molar-refractivity contribution in [2.75, 3.05) is 7.11 Å². The number of aromatic nitrogens is 2. The maximum atomic E-state index is 5.20. The van der Waals surface area contributed by atoms with Gasteiger partial charge in [-0.2, -0.15) is 0 Å². The van der Waals surface area contributed by atoms with Gasteiger partial charge in [-0.15, -0.1) is 0 Å². The number of hydrogen-bond donors (Lipinski definition) is 1. The van der Waals surface area contributed by atoms with Gasteiger partial charge in [0.2, 0.25) is 0 Å². The lowest BCUT2D eigenvalue weighted by atomic mass is 10.1. The Morgan fingerprint density at radius 1 is 1.05 bits per heavy atom. The summed E-state index contributed by atoms with van der Waals surface area (Å²) in [6.07, 6.45) is 3.60. The number of nitrogens with one attached hydrogen (secondary N) is 1. The Hall–Kier alpha value is -1.78. The summed E-state index contributed by atoms with van der Waals surface area (Å²) >= 11 is 0. The van der Waals surface area contributed by atoms with E-state index in [1.165, 1.54) is 11.1 Å². The van der Waals surface area contributed by atoms with E-state index in [4.69, 9.17) is 4.74 Å². The molecule has 1 heterocycles. The van der Waals surface area contributed by atoms with Crippen LogP contribution in [0.5, 0.6) is 0 Å². The summed E-state index contributed by atoms with van der Waals surface area (Å²) in [5.41, 5.74) is 4.36. The fourth-order valence-corrected chi connectivity index (χ4v) is 1.86. The van der Waals surface area contributed by atoms with Crippen molar-refractivity contribution in [1.29, 1.82) is 0 Å². The number of hydrogen-bond acceptors (Lipinski definition) is 4. The van der Waals surface area contributed by atoms with E-state index in [2.05, 4.69) is 27.4 Å². The van der Waals surface area contributed by atoms with Crippen LogP contribution in [-0.2, 0) is 24.4 Å². The Labute approximate surface area is 113 Å². The van der Waals surface area contributed by atoms with Gasteiger partial charge in [0.05, 0.1) is 18.0 Å². The van der Waals surface area contributed by atoms with Crippen LogP contribution in [0, 0.1) is 6.92 Å². The maximum absolute atomic E-state index is 5.20. The Morgan fingerprint density at radius 3 is 2.53 bits per heavy atom. The predicted octanol–water partition coefficient (Wildman–Crippen LogP) is 2.22. The summed E-state index contributed by atoms with van der Waals surface area (Å²) in [5, 5.41) is 3.38.